The fourth-order valence-electron chi connectivity index (χ4n) is 2.46. The maximum atomic E-state index is 12.2. The molecule has 0 bridgehead atoms. The van der Waals surface area contributed by atoms with E-state index in [2.05, 4.69) is 19.9 Å². The summed E-state index contributed by atoms with van der Waals surface area (Å²) in [7, 11) is 0. The number of nitrogens with one attached hydrogen (secondary N) is 2. The molecular formula is C15H11ClN4O4. The maximum absolute atomic E-state index is 12.2. The summed E-state index contributed by atoms with van der Waals surface area (Å²) in [6.07, 6.45) is 2.07. The third kappa shape index (κ3) is 2.74. The molecule has 3 rings (SSSR count). The fraction of sp³-hybridized carbons (Fsp3) is 0.0667. The molecule has 8 nitrogen and oxygen atoms in total. The highest BCUT2D eigenvalue weighted by atomic mass is 35.5. The van der Waals surface area contributed by atoms with Crippen LogP contribution in [0.2, 0.25) is 5.02 Å². The fourth-order valence-corrected chi connectivity index (χ4v) is 2.58. The van der Waals surface area contributed by atoms with Crippen molar-refractivity contribution in [2.75, 3.05) is 0 Å². The lowest BCUT2D eigenvalue weighted by Gasteiger charge is -2.17. The average molecular weight is 347 g/mol. The SMILES string of the molecule is O=c1[nH]cnc(O)c1C(c1ccc(Cl)cc1)c1c(O)nc[nH]c1=O. The van der Waals surface area contributed by atoms with Crippen LogP contribution in [0.5, 0.6) is 11.8 Å². The third-order valence-corrected chi connectivity index (χ3v) is 3.77. The number of hydrogen-bond acceptors (Lipinski definition) is 6. The van der Waals surface area contributed by atoms with Gasteiger partial charge in [-0.2, -0.15) is 0 Å². The molecule has 2 heterocycles. The van der Waals surface area contributed by atoms with Crippen molar-refractivity contribution >= 4 is 11.6 Å². The summed E-state index contributed by atoms with van der Waals surface area (Å²) in [6.45, 7) is 0. The minimum Gasteiger partial charge on any atom is -0.493 e. The molecule has 0 aliphatic carbocycles. The predicted octanol–water partition coefficient (Wildman–Crippen LogP) is 1.10. The first-order valence-corrected chi connectivity index (χ1v) is 7.15. The Morgan fingerprint density at radius 2 is 1.33 bits per heavy atom. The van der Waals surface area contributed by atoms with Gasteiger partial charge in [0.15, 0.2) is 0 Å². The standard InChI is InChI=1S/C15H11ClN4O4/c16-8-3-1-7(2-4-8)9(10-12(21)17-5-18-13(10)22)11-14(23)19-6-20-15(11)24/h1-6,9H,(H2,17,18,21,22)(H2,19,20,23,24). The van der Waals surface area contributed by atoms with E-state index in [1.807, 2.05) is 0 Å². The Morgan fingerprint density at radius 3 is 1.75 bits per heavy atom. The van der Waals surface area contributed by atoms with E-state index >= 15 is 0 Å². The highest BCUT2D eigenvalue weighted by Gasteiger charge is 2.29. The van der Waals surface area contributed by atoms with Gasteiger partial charge in [-0.3, -0.25) is 9.59 Å². The number of aromatic hydroxyl groups is 2. The van der Waals surface area contributed by atoms with Crippen LogP contribution in [0.4, 0.5) is 0 Å². The predicted molar refractivity (Wildman–Crippen MR) is 85.4 cm³/mol. The van der Waals surface area contributed by atoms with Crippen molar-refractivity contribution in [1.82, 2.24) is 19.9 Å². The van der Waals surface area contributed by atoms with E-state index < -0.39 is 28.8 Å². The number of aromatic amines is 2. The second-order valence-electron chi connectivity index (χ2n) is 4.92. The highest BCUT2D eigenvalue weighted by molar-refractivity contribution is 6.30. The van der Waals surface area contributed by atoms with Crippen molar-refractivity contribution in [3.8, 4) is 11.8 Å². The number of aromatic nitrogens is 4. The summed E-state index contributed by atoms with van der Waals surface area (Å²) >= 11 is 5.87. The molecule has 0 atom stereocenters. The molecule has 4 N–H and O–H groups in total. The lowest BCUT2D eigenvalue weighted by molar-refractivity contribution is 0.432. The van der Waals surface area contributed by atoms with Gasteiger partial charge in [0.05, 0.1) is 29.7 Å². The molecular weight excluding hydrogens is 336 g/mol. The lowest BCUT2D eigenvalue weighted by atomic mass is 9.87. The zero-order valence-corrected chi connectivity index (χ0v) is 12.8. The molecule has 0 aliphatic rings. The highest BCUT2D eigenvalue weighted by Crippen LogP contribution is 2.35. The number of halogens is 1. The Kier molecular flexibility index (Phi) is 4.05. The van der Waals surface area contributed by atoms with Crippen LogP contribution >= 0.6 is 11.6 Å². The van der Waals surface area contributed by atoms with Crippen molar-refractivity contribution in [2.24, 2.45) is 0 Å². The zero-order chi connectivity index (χ0) is 17.3. The normalized spacial score (nSPS) is 10.9. The molecule has 1 aromatic carbocycles. The minimum atomic E-state index is -1.09. The summed E-state index contributed by atoms with van der Waals surface area (Å²) < 4.78 is 0. The Labute approximate surface area is 139 Å². The van der Waals surface area contributed by atoms with Gasteiger partial charge < -0.3 is 20.2 Å². The zero-order valence-electron chi connectivity index (χ0n) is 12.0. The Morgan fingerprint density at radius 1 is 0.875 bits per heavy atom. The van der Waals surface area contributed by atoms with Crippen LogP contribution < -0.4 is 11.1 Å². The summed E-state index contributed by atoms with van der Waals surface area (Å²) in [5.74, 6) is -2.19. The molecule has 122 valence electrons. The van der Waals surface area contributed by atoms with Gasteiger partial charge in [0.2, 0.25) is 11.8 Å². The first-order chi connectivity index (χ1) is 11.5. The van der Waals surface area contributed by atoms with Crippen molar-refractivity contribution in [2.45, 2.75) is 5.92 Å². The van der Waals surface area contributed by atoms with Gasteiger partial charge in [-0.15, -0.1) is 0 Å². The van der Waals surface area contributed by atoms with E-state index in [-0.39, 0.29) is 11.1 Å². The van der Waals surface area contributed by atoms with Crippen molar-refractivity contribution in [3.63, 3.8) is 0 Å². The molecule has 0 amide bonds. The summed E-state index contributed by atoms with van der Waals surface area (Å²) in [6, 6.07) is 6.27. The van der Waals surface area contributed by atoms with E-state index in [4.69, 9.17) is 11.6 Å². The molecule has 0 aliphatic heterocycles. The number of nitrogens with zero attached hydrogens (tertiary/aromatic N) is 2. The van der Waals surface area contributed by atoms with E-state index in [0.29, 0.717) is 10.6 Å². The average Bonchev–Trinajstić information content (AvgIpc) is 2.54. The maximum Gasteiger partial charge on any atom is 0.258 e. The van der Waals surface area contributed by atoms with E-state index in [1.54, 1.807) is 24.3 Å². The number of hydrogen-bond donors (Lipinski definition) is 4. The lowest BCUT2D eigenvalue weighted by Crippen LogP contribution is -2.24. The van der Waals surface area contributed by atoms with Gasteiger partial charge in [-0.1, -0.05) is 23.7 Å². The number of H-pyrrole nitrogens is 2. The van der Waals surface area contributed by atoms with Crippen LogP contribution in [0.3, 0.4) is 0 Å². The van der Waals surface area contributed by atoms with Crippen molar-refractivity contribution in [3.05, 3.63) is 79.3 Å². The van der Waals surface area contributed by atoms with Gasteiger partial charge >= 0.3 is 0 Å². The van der Waals surface area contributed by atoms with Crippen LogP contribution in [-0.2, 0) is 0 Å². The summed E-state index contributed by atoms with van der Waals surface area (Å²) in [4.78, 5) is 36.4. The molecule has 0 unspecified atom stereocenters. The second-order valence-corrected chi connectivity index (χ2v) is 5.36. The molecule has 24 heavy (non-hydrogen) atoms. The van der Waals surface area contributed by atoms with Crippen LogP contribution in [-0.4, -0.2) is 30.1 Å². The molecule has 0 saturated carbocycles. The summed E-state index contributed by atoms with van der Waals surface area (Å²) in [5, 5.41) is 20.5. The molecule has 0 saturated heterocycles. The van der Waals surface area contributed by atoms with Gasteiger partial charge in [0.25, 0.3) is 11.1 Å². The van der Waals surface area contributed by atoms with Gasteiger partial charge in [-0.05, 0) is 17.7 Å². The molecule has 0 radical (unpaired) electrons. The van der Waals surface area contributed by atoms with Gasteiger partial charge in [0.1, 0.15) is 0 Å². The Bertz CT molecular complexity index is 938. The molecule has 9 heteroatoms. The molecule has 0 spiro atoms. The topological polar surface area (TPSA) is 132 Å². The Hall–Kier alpha value is -3.13. The van der Waals surface area contributed by atoms with Gasteiger partial charge in [-0.25, -0.2) is 9.97 Å². The van der Waals surface area contributed by atoms with E-state index in [1.165, 1.54) is 0 Å². The van der Waals surface area contributed by atoms with Crippen LogP contribution in [0, 0.1) is 0 Å². The second kappa shape index (κ2) is 6.17. The molecule has 0 fully saturated rings. The monoisotopic (exact) mass is 346 g/mol. The number of rotatable bonds is 3. The minimum absolute atomic E-state index is 0.186. The third-order valence-electron chi connectivity index (χ3n) is 3.52. The largest absolute Gasteiger partial charge is 0.493 e. The molecule has 3 aromatic rings. The first kappa shape index (κ1) is 15.8. The van der Waals surface area contributed by atoms with Gasteiger partial charge in [0, 0.05) is 5.02 Å². The quantitative estimate of drug-likeness (QED) is 0.561. The van der Waals surface area contributed by atoms with Crippen LogP contribution in [0.25, 0.3) is 0 Å². The van der Waals surface area contributed by atoms with E-state index in [9.17, 15) is 19.8 Å². The smallest absolute Gasteiger partial charge is 0.258 e. The van der Waals surface area contributed by atoms with Crippen molar-refractivity contribution < 1.29 is 10.2 Å². The van der Waals surface area contributed by atoms with Crippen molar-refractivity contribution in [1.29, 1.82) is 0 Å². The van der Waals surface area contributed by atoms with Crippen LogP contribution in [0.1, 0.15) is 22.6 Å². The Balaban J connectivity index is 2.36. The molecule has 2 aromatic heterocycles. The first-order valence-electron chi connectivity index (χ1n) is 6.77. The summed E-state index contributed by atoms with van der Waals surface area (Å²) in [5.41, 5.74) is -1.22. The van der Waals surface area contributed by atoms with Crippen LogP contribution in [0.15, 0.2) is 46.5 Å². The van der Waals surface area contributed by atoms with E-state index in [0.717, 1.165) is 12.7 Å². The number of benzene rings is 1.